The molecule has 0 spiro atoms. The molecule has 0 bridgehead atoms. The van der Waals surface area contributed by atoms with Crippen LogP contribution in [0.25, 0.3) is 10.8 Å². The smallest absolute Gasteiger partial charge is 0.251 e. The Hall–Kier alpha value is -3.87. The van der Waals surface area contributed by atoms with Crippen LogP contribution >= 0.6 is 0 Å². The molecule has 32 heavy (non-hydrogen) atoms. The molecule has 166 valence electrons. The van der Waals surface area contributed by atoms with Gasteiger partial charge < -0.3 is 20.7 Å². The molecule has 7 heteroatoms. The Morgan fingerprint density at radius 2 is 1.62 bits per heavy atom. The van der Waals surface area contributed by atoms with Crippen molar-refractivity contribution < 1.29 is 19.1 Å². The van der Waals surface area contributed by atoms with Gasteiger partial charge in [-0.1, -0.05) is 56.3 Å². The molecule has 0 heterocycles. The first-order chi connectivity index (χ1) is 15.4. The van der Waals surface area contributed by atoms with Gasteiger partial charge in [-0.15, -0.1) is 0 Å². The Labute approximate surface area is 187 Å². The number of hydrogen-bond acceptors (Lipinski definition) is 4. The molecular weight excluding hydrogens is 406 g/mol. The maximum absolute atomic E-state index is 12.7. The molecule has 1 atom stereocenters. The minimum Gasteiger partial charge on any atom is -0.496 e. The minimum atomic E-state index is -0.767. The molecule has 0 aliphatic carbocycles. The van der Waals surface area contributed by atoms with Gasteiger partial charge in [0.05, 0.1) is 13.7 Å². The van der Waals surface area contributed by atoms with Crippen molar-refractivity contribution in [2.45, 2.75) is 19.9 Å². The van der Waals surface area contributed by atoms with Crippen molar-refractivity contribution >= 4 is 34.2 Å². The summed E-state index contributed by atoms with van der Waals surface area (Å²) in [6, 6.07) is 19.2. The predicted octanol–water partition coefficient (Wildman–Crippen LogP) is 3.36. The second-order valence-electron chi connectivity index (χ2n) is 7.73. The first kappa shape index (κ1) is 22.8. The summed E-state index contributed by atoms with van der Waals surface area (Å²) in [5.41, 5.74) is 1.03. The topological polar surface area (TPSA) is 96.5 Å². The van der Waals surface area contributed by atoms with E-state index in [2.05, 4.69) is 16.0 Å². The highest BCUT2D eigenvalue weighted by Gasteiger charge is 2.25. The SMILES string of the molecule is COc1cc(NC(=O)CNC(=O)[C@@H](NC(=O)c2ccccc2)C(C)C)cc2ccccc12. The molecule has 0 saturated carbocycles. The maximum atomic E-state index is 12.7. The number of nitrogens with one attached hydrogen (secondary N) is 3. The lowest BCUT2D eigenvalue weighted by Gasteiger charge is -2.21. The maximum Gasteiger partial charge on any atom is 0.251 e. The minimum absolute atomic E-state index is 0.157. The van der Waals surface area contributed by atoms with Crippen molar-refractivity contribution in [3.8, 4) is 5.75 Å². The summed E-state index contributed by atoms with van der Waals surface area (Å²) < 4.78 is 5.42. The number of carbonyl (C=O) groups excluding carboxylic acids is 3. The highest BCUT2D eigenvalue weighted by molar-refractivity contribution is 6.00. The number of rotatable bonds is 8. The van der Waals surface area contributed by atoms with Crippen LogP contribution in [0.2, 0.25) is 0 Å². The summed E-state index contributed by atoms with van der Waals surface area (Å²) in [6.07, 6.45) is 0. The summed E-state index contributed by atoms with van der Waals surface area (Å²) in [6.45, 7) is 3.44. The molecule has 3 aromatic carbocycles. The van der Waals surface area contributed by atoms with E-state index in [1.54, 1.807) is 37.4 Å². The number of carbonyl (C=O) groups is 3. The molecule has 0 saturated heterocycles. The fraction of sp³-hybridized carbons (Fsp3) is 0.240. The third-order valence-electron chi connectivity index (χ3n) is 5.02. The van der Waals surface area contributed by atoms with Crippen molar-refractivity contribution in [2.24, 2.45) is 5.92 Å². The zero-order valence-corrected chi connectivity index (χ0v) is 18.3. The highest BCUT2D eigenvalue weighted by atomic mass is 16.5. The van der Waals surface area contributed by atoms with Crippen LogP contribution < -0.4 is 20.7 Å². The Balaban J connectivity index is 1.61. The lowest BCUT2D eigenvalue weighted by Crippen LogP contribution is -2.51. The van der Waals surface area contributed by atoms with Gasteiger partial charge in [-0.3, -0.25) is 14.4 Å². The Morgan fingerprint density at radius 3 is 2.31 bits per heavy atom. The van der Waals surface area contributed by atoms with Crippen molar-refractivity contribution in [3.05, 3.63) is 72.3 Å². The molecule has 0 unspecified atom stereocenters. The number of fused-ring (bicyclic) bond motifs is 1. The molecule has 7 nitrogen and oxygen atoms in total. The van der Waals surface area contributed by atoms with Gasteiger partial charge >= 0.3 is 0 Å². The standard InChI is InChI=1S/C25H27N3O4/c1-16(2)23(28-24(30)17-9-5-4-6-10-17)25(31)26-15-22(29)27-19-13-18-11-7-8-12-20(18)21(14-19)32-3/h4-14,16,23H,15H2,1-3H3,(H,26,31)(H,27,29)(H,28,30)/t23-/m0/s1. The molecule has 0 fully saturated rings. The fourth-order valence-electron chi connectivity index (χ4n) is 3.35. The van der Waals surface area contributed by atoms with E-state index in [0.717, 1.165) is 10.8 Å². The predicted molar refractivity (Wildman–Crippen MR) is 125 cm³/mol. The van der Waals surface area contributed by atoms with Crippen molar-refractivity contribution in [2.75, 3.05) is 19.0 Å². The fourth-order valence-corrected chi connectivity index (χ4v) is 3.35. The Kier molecular flexibility index (Phi) is 7.44. The van der Waals surface area contributed by atoms with Crippen LogP contribution in [0.5, 0.6) is 5.75 Å². The van der Waals surface area contributed by atoms with Crippen molar-refractivity contribution in [3.63, 3.8) is 0 Å². The molecular formula is C25H27N3O4. The number of ether oxygens (including phenoxy) is 1. The van der Waals surface area contributed by atoms with Gasteiger partial charge in [-0.05, 0) is 29.5 Å². The molecule has 3 rings (SSSR count). The van der Waals surface area contributed by atoms with E-state index in [4.69, 9.17) is 4.74 Å². The first-order valence-corrected chi connectivity index (χ1v) is 10.4. The zero-order valence-electron chi connectivity index (χ0n) is 18.3. The second-order valence-corrected chi connectivity index (χ2v) is 7.73. The van der Waals surface area contributed by atoms with Gasteiger partial charge in [-0.2, -0.15) is 0 Å². The number of hydrogen-bond donors (Lipinski definition) is 3. The van der Waals surface area contributed by atoms with E-state index in [1.165, 1.54) is 0 Å². The van der Waals surface area contributed by atoms with Crippen LogP contribution in [0.3, 0.4) is 0 Å². The largest absolute Gasteiger partial charge is 0.496 e. The normalized spacial score (nSPS) is 11.6. The van der Waals surface area contributed by atoms with Crippen LogP contribution in [0.4, 0.5) is 5.69 Å². The van der Waals surface area contributed by atoms with Gasteiger partial charge in [-0.25, -0.2) is 0 Å². The van der Waals surface area contributed by atoms with Crippen LogP contribution in [0, 0.1) is 5.92 Å². The summed E-state index contributed by atoms with van der Waals surface area (Å²) in [5, 5.41) is 10.00. The first-order valence-electron chi connectivity index (χ1n) is 10.4. The van der Waals surface area contributed by atoms with Crippen LogP contribution in [-0.4, -0.2) is 37.4 Å². The monoisotopic (exact) mass is 433 g/mol. The summed E-state index contributed by atoms with van der Waals surface area (Å²) in [7, 11) is 1.57. The number of benzene rings is 3. The molecule has 3 N–H and O–H groups in total. The molecule has 0 radical (unpaired) electrons. The Bertz CT molecular complexity index is 1110. The van der Waals surface area contributed by atoms with Crippen LogP contribution in [0.1, 0.15) is 24.2 Å². The number of anilines is 1. The average Bonchev–Trinajstić information content (AvgIpc) is 2.80. The summed E-state index contributed by atoms with van der Waals surface area (Å²) >= 11 is 0. The quantitative estimate of drug-likeness (QED) is 0.508. The van der Waals surface area contributed by atoms with Crippen molar-refractivity contribution in [1.82, 2.24) is 10.6 Å². The van der Waals surface area contributed by atoms with E-state index < -0.39 is 11.9 Å². The molecule has 0 aromatic heterocycles. The molecule has 0 aliphatic rings. The van der Waals surface area contributed by atoms with E-state index in [-0.39, 0.29) is 24.3 Å². The van der Waals surface area contributed by atoms with E-state index >= 15 is 0 Å². The molecule has 0 aliphatic heterocycles. The van der Waals surface area contributed by atoms with Gasteiger partial charge in [0.25, 0.3) is 5.91 Å². The van der Waals surface area contributed by atoms with Crippen LogP contribution in [-0.2, 0) is 9.59 Å². The van der Waals surface area contributed by atoms with Gasteiger partial charge in [0.2, 0.25) is 11.8 Å². The molecule has 3 amide bonds. The van der Waals surface area contributed by atoms with E-state index in [9.17, 15) is 14.4 Å². The third kappa shape index (κ3) is 5.63. The lowest BCUT2D eigenvalue weighted by atomic mass is 10.0. The van der Waals surface area contributed by atoms with Crippen LogP contribution in [0.15, 0.2) is 66.7 Å². The van der Waals surface area contributed by atoms with Gasteiger partial charge in [0, 0.05) is 22.7 Å². The van der Waals surface area contributed by atoms with E-state index in [1.807, 2.05) is 50.2 Å². The van der Waals surface area contributed by atoms with Gasteiger partial charge in [0.15, 0.2) is 0 Å². The summed E-state index contributed by atoms with van der Waals surface area (Å²) in [5.74, 6) is -0.656. The highest BCUT2D eigenvalue weighted by Crippen LogP contribution is 2.29. The summed E-state index contributed by atoms with van der Waals surface area (Å²) in [4.78, 5) is 37.5. The third-order valence-corrected chi connectivity index (χ3v) is 5.02. The van der Waals surface area contributed by atoms with Gasteiger partial charge in [0.1, 0.15) is 11.8 Å². The Morgan fingerprint density at radius 1 is 0.938 bits per heavy atom. The number of methoxy groups -OCH3 is 1. The zero-order chi connectivity index (χ0) is 23.1. The number of amides is 3. The lowest BCUT2D eigenvalue weighted by molar-refractivity contribution is -0.126. The van der Waals surface area contributed by atoms with E-state index in [0.29, 0.717) is 17.0 Å². The van der Waals surface area contributed by atoms with Crippen molar-refractivity contribution in [1.29, 1.82) is 0 Å². The average molecular weight is 434 g/mol. The molecule has 3 aromatic rings. The second kappa shape index (κ2) is 10.4.